The van der Waals surface area contributed by atoms with E-state index in [1.165, 1.54) is 6.20 Å². The molecule has 1 aromatic carbocycles. The first-order valence-electron chi connectivity index (χ1n) is 5.03. The molecular weight excluding hydrogens is 318 g/mol. The quantitative estimate of drug-likeness (QED) is 0.889. The molecule has 0 aliphatic carbocycles. The summed E-state index contributed by atoms with van der Waals surface area (Å²) in [6, 6.07) is 8.26. The number of nitrogens with two attached hydrogens (primary N) is 1. The minimum Gasteiger partial charge on any atom is -0.397 e. The minimum absolute atomic E-state index is 0.282. The van der Waals surface area contributed by atoms with E-state index in [1.54, 1.807) is 30.3 Å². The number of nitrogen functional groups attached to an aromatic ring is 1. The highest BCUT2D eigenvalue weighted by molar-refractivity contribution is 9.10. The van der Waals surface area contributed by atoms with Crippen LogP contribution in [0.2, 0.25) is 5.02 Å². The summed E-state index contributed by atoms with van der Waals surface area (Å²) in [5, 5.41) is 3.14. The summed E-state index contributed by atoms with van der Waals surface area (Å²) in [5.41, 5.74) is 6.50. The van der Waals surface area contributed by atoms with Crippen LogP contribution in [0.1, 0.15) is 10.4 Å². The number of benzene rings is 1. The number of rotatable bonds is 2. The van der Waals surface area contributed by atoms with E-state index in [-0.39, 0.29) is 5.91 Å². The lowest BCUT2D eigenvalue weighted by molar-refractivity contribution is 0.102. The maximum atomic E-state index is 11.9. The molecule has 3 N–H and O–H groups in total. The molecule has 4 nitrogen and oxygen atoms in total. The Labute approximate surface area is 117 Å². The van der Waals surface area contributed by atoms with Crippen LogP contribution < -0.4 is 11.1 Å². The summed E-state index contributed by atoms with van der Waals surface area (Å²) in [7, 11) is 0. The van der Waals surface area contributed by atoms with E-state index in [1.807, 2.05) is 0 Å². The number of carbonyl (C=O) groups is 1. The van der Waals surface area contributed by atoms with Crippen molar-refractivity contribution in [3.05, 3.63) is 51.6 Å². The molecule has 0 aliphatic rings. The van der Waals surface area contributed by atoms with E-state index >= 15 is 0 Å². The van der Waals surface area contributed by atoms with Crippen molar-refractivity contribution < 1.29 is 4.79 Å². The average Bonchev–Trinajstić information content (AvgIpc) is 2.31. The number of amides is 1. The van der Waals surface area contributed by atoms with Gasteiger partial charge in [-0.1, -0.05) is 27.5 Å². The van der Waals surface area contributed by atoms with Crippen LogP contribution in [0.5, 0.6) is 0 Å². The molecule has 0 radical (unpaired) electrons. The van der Waals surface area contributed by atoms with Gasteiger partial charge in [0.2, 0.25) is 0 Å². The Morgan fingerprint density at radius 2 is 2.11 bits per heavy atom. The maximum Gasteiger partial charge on any atom is 0.256 e. The highest BCUT2D eigenvalue weighted by Gasteiger charge is 2.08. The molecule has 0 spiro atoms. The van der Waals surface area contributed by atoms with Crippen LogP contribution in [0, 0.1) is 0 Å². The first kappa shape index (κ1) is 12.9. The van der Waals surface area contributed by atoms with Crippen LogP contribution in [-0.2, 0) is 0 Å². The fourth-order valence-electron chi connectivity index (χ4n) is 1.35. The van der Waals surface area contributed by atoms with Gasteiger partial charge in [0.25, 0.3) is 5.91 Å². The van der Waals surface area contributed by atoms with Crippen molar-refractivity contribution in [2.45, 2.75) is 0 Å². The summed E-state index contributed by atoms with van der Waals surface area (Å²) in [5.74, 6) is 0.153. The predicted molar refractivity (Wildman–Crippen MR) is 75.8 cm³/mol. The zero-order valence-electron chi connectivity index (χ0n) is 9.15. The number of nitrogens with one attached hydrogen (secondary N) is 1. The van der Waals surface area contributed by atoms with Gasteiger partial charge in [-0.2, -0.15) is 0 Å². The van der Waals surface area contributed by atoms with Gasteiger partial charge in [-0.05, 0) is 30.3 Å². The van der Waals surface area contributed by atoms with Crippen LogP contribution in [0.25, 0.3) is 0 Å². The molecule has 0 saturated heterocycles. The summed E-state index contributed by atoms with van der Waals surface area (Å²) < 4.78 is 0.741. The van der Waals surface area contributed by atoms with Crippen molar-refractivity contribution in [3.63, 3.8) is 0 Å². The van der Waals surface area contributed by atoms with E-state index in [2.05, 4.69) is 26.2 Å². The monoisotopic (exact) mass is 325 g/mol. The van der Waals surface area contributed by atoms with E-state index in [0.29, 0.717) is 22.1 Å². The Balaban J connectivity index is 2.19. The summed E-state index contributed by atoms with van der Waals surface area (Å²) in [6.45, 7) is 0. The Morgan fingerprint density at radius 1 is 1.33 bits per heavy atom. The van der Waals surface area contributed by atoms with Crippen molar-refractivity contribution in [2.75, 3.05) is 11.1 Å². The number of nitrogens with zero attached hydrogens (tertiary/aromatic N) is 1. The molecule has 1 heterocycles. The number of aromatic nitrogens is 1. The van der Waals surface area contributed by atoms with E-state index in [0.717, 1.165) is 4.47 Å². The van der Waals surface area contributed by atoms with Crippen LogP contribution in [0.3, 0.4) is 0 Å². The van der Waals surface area contributed by atoms with Crippen molar-refractivity contribution in [3.8, 4) is 0 Å². The van der Waals surface area contributed by atoms with Gasteiger partial charge >= 0.3 is 0 Å². The lowest BCUT2D eigenvalue weighted by Crippen LogP contribution is -2.13. The third kappa shape index (κ3) is 3.21. The van der Waals surface area contributed by atoms with Crippen molar-refractivity contribution in [2.24, 2.45) is 0 Å². The van der Waals surface area contributed by atoms with Gasteiger partial charge in [-0.3, -0.25) is 4.79 Å². The second-order valence-corrected chi connectivity index (χ2v) is 4.94. The molecule has 18 heavy (non-hydrogen) atoms. The van der Waals surface area contributed by atoms with Crippen LogP contribution in [0.15, 0.2) is 41.0 Å². The Bertz CT molecular complexity index is 566. The van der Waals surface area contributed by atoms with Crippen LogP contribution >= 0.6 is 27.5 Å². The van der Waals surface area contributed by atoms with E-state index in [4.69, 9.17) is 17.3 Å². The third-order valence-electron chi connectivity index (χ3n) is 2.15. The highest BCUT2D eigenvalue weighted by atomic mass is 79.9. The Hall–Kier alpha value is -1.59. The molecule has 2 rings (SSSR count). The smallest absolute Gasteiger partial charge is 0.256 e. The van der Waals surface area contributed by atoms with Gasteiger partial charge in [-0.25, -0.2) is 4.98 Å². The first-order valence-corrected chi connectivity index (χ1v) is 6.20. The summed E-state index contributed by atoms with van der Waals surface area (Å²) >= 11 is 9.16. The zero-order valence-corrected chi connectivity index (χ0v) is 11.5. The lowest BCUT2D eigenvalue weighted by Gasteiger charge is -2.05. The fraction of sp³-hybridized carbons (Fsp3) is 0. The molecule has 1 aromatic heterocycles. The average molecular weight is 327 g/mol. The van der Waals surface area contributed by atoms with E-state index in [9.17, 15) is 4.79 Å². The Kier molecular flexibility index (Phi) is 3.84. The molecule has 2 aromatic rings. The zero-order chi connectivity index (χ0) is 13.1. The molecule has 0 aliphatic heterocycles. The molecule has 0 fully saturated rings. The number of pyridine rings is 1. The largest absolute Gasteiger partial charge is 0.397 e. The number of hydrogen-bond acceptors (Lipinski definition) is 3. The van der Waals surface area contributed by atoms with Crippen molar-refractivity contribution in [1.29, 1.82) is 0 Å². The molecular formula is C12H9BrClN3O. The second-order valence-electron chi connectivity index (χ2n) is 3.59. The van der Waals surface area contributed by atoms with Gasteiger partial charge in [0.1, 0.15) is 5.82 Å². The standard InChI is InChI=1S/C12H9BrClN3O/c13-8-3-7(4-9(14)5-8)12(18)17-11-2-1-10(15)6-16-11/h1-6H,15H2,(H,16,17,18). The minimum atomic E-state index is -0.282. The predicted octanol–water partition coefficient (Wildman–Crippen LogP) is 3.33. The fourth-order valence-corrected chi connectivity index (χ4v) is 2.21. The number of anilines is 2. The van der Waals surface area contributed by atoms with Gasteiger partial charge in [0, 0.05) is 15.1 Å². The molecule has 6 heteroatoms. The molecule has 92 valence electrons. The van der Waals surface area contributed by atoms with Crippen LogP contribution in [0.4, 0.5) is 11.5 Å². The molecule has 0 atom stereocenters. The van der Waals surface area contributed by atoms with Gasteiger partial charge < -0.3 is 11.1 Å². The van der Waals surface area contributed by atoms with E-state index < -0.39 is 0 Å². The van der Waals surface area contributed by atoms with Crippen molar-refractivity contribution >= 4 is 44.9 Å². The van der Waals surface area contributed by atoms with Gasteiger partial charge in [0.15, 0.2) is 0 Å². The Morgan fingerprint density at radius 3 is 2.72 bits per heavy atom. The molecule has 0 saturated carbocycles. The number of carbonyl (C=O) groups excluding carboxylic acids is 1. The van der Waals surface area contributed by atoms with Gasteiger partial charge in [-0.15, -0.1) is 0 Å². The molecule has 0 bridgehead atoms. The maximum absolute atomic E-state index is 11.9. The topological polar surface area (TPSA) is 68.0 Å². The lowest BCUT2D eigenvalue weighted by atomic mass is 10.2. The van der Waals surface area contributed by atoms with Gasteiger partial charge in [0.05, 0.1) is 11.9 Å². The molecule has 0 unspecified atom stereocenters. The second kappa shape index (κ2) is 5.37. The normalized spacial score (nSPS) is 10.1. The molecule has 1 amide bonds. The summed E-state index contributed by atoms with van der Waals surface area (Å²) in [6.07, 6.45) is 1.48. The summed E-state index contributed by atoms with van der Waals surface area (Å²) in [4.78, 5) is 15.9. The van der Waals surface area contributed by atoms with Crippen LogP contribution in [-0.4, -0.2) is 10.9 Å². The first-order chi connectivity index (χ1) is 8.54. The van der Waals surface area contributed by atoms with Crippen molar-refractivity contribution in [1.82, 2.24) is 4.98 Å². The number of halogens is 2. The number of hydrogen-bond donors (Lipinski definition) is 2. The SMILES string of the molecule is Nc1ccc(NC(=O)c2cc(Cl)cc(Br)c2)nc1. The highest BCUT2D eigenvalue weighted by Crippen LogP contribution is 2.20. The third-order valence-corrected chi connectivity index (χ3v) is 2.83.